The average molecular weight is 247 g/mol. The van der Waals surface area contributed by atoms with Crippen LogP contribution in [0.25, 0.3) is 0 Å². The minimum absolute atomic E-state index is 0.0984. The van der Waals surface area contributed by atoms with Crippen molar-refractivity contribution < 1.29 is 9.53 Å². The van der Waals surface area contributed by atoms with Crippen LogP contribution in [0, 0.1) is 0 Å². The zero-order valence-corrected chi connectivity index (χ0v) is 9.91. The highest BCUT2D eigenvalue weighted by molar-refractivity contribution is 5.90. The lowest BCUT2D eigenvalue weighted by Crippen LogP contribution is -2.14. The molecule has 0 atom stereocenters. The molecule has 1 heterocycles. The van der Waals surface area contributed by atoms with Crippen LogP contribution >= 0.6 is 0 Å². The summed E-state index contributed by atoms with van der Waals surface area (Å²) >= 11 is 0. The first-order chi connectivity index (χ1) is 8.78. The standard InChI is InChI=1S/C11H13N5O2/c1-18-10-4-2-3-9(7-10)13-11(17)5-6-16-8-12-14-15-16/h2-4,7-8H,5-6H2,1H3,(H,13,17). The van der Waals surface area contributed by atoms with E-state index >= 15 is 0 Å². The Bertz CT molecular complexity index is 512. The number of aryl methyl sites for hydroxylation is 1. The number of ether oxygens (including phenoxy) is 1. The lowest BCUT2D eigenvalue weighted by molar-refractivity contribution is -0.116. The Kier molecular flexibility index (Phi) is 3.85. The van der Waals surface area contributed by atoms with E-state index in [1.807, 2.05) is 12.1 Å². The van der Waals surface area contributed by atoms with E-state index < -0.39 is 0 Å². The van der Waals surface area contributed by atoms with E-state index in [4.69, 9.17) is 4.74 Å². The number of rotatable bonds is 5. The van der Waals surface area contributed by atoms with Crippen molar-refractivity contribution >= 4 is 11.6 Å². The average Bonchev–Trinajstić information content (AvgIpc) is 2.90. The molecule has 94 valence electrons. The Labute approximate surface area is 104 Å². The maximum Gasteiger partial charge on any atom is 0.226 e. The number of carbonyl (C=O) groups excluding carboxylic acids is 1. The van der Waals surface area contributed by atoms with Gasteiger partial charge in [0.15, 0.2) is 0 Å². The molecule has 0 saturated carbocycles. The number of benzene rings is 1. The minimum atomic E-state index is -0.0984. The molecule has 1 N–H and O–H groups in total. The summed E-state index contributed by atoms with van der Waals surface area (Å²) in [5, 5.41) is 13.4. The van der Waals surface area contributed by atoms with Gasteiger partial charge in [0.05, 0.1) is 13.7 Å². The number of nitrogens with one attached hydrogen (secondary N) is 1. The SMILES string of the molecule is COc1cccc(NC(=O)CCn2cnnn2)c1. The maximum atomic E-state index is 11.7. The van der Waals surface area contributed by atoms with Crippen LogP contribution in [0.3, 0.4) is 0 Å². The number of nitrogens with zero attached hydrogens (tertiary/aromatic N) is 4. The largest absolute Gasteiger partial charge is 0.497 e. The monoisotopic (exact) mass is 247 g/mol. The zero-order valence-electron chi connectivity index (χ0n) is 9.91. The van der Waals surface area contributed by atoms with Crippen molar-refractivity contribution in [2.75, 3.05) is 12.4 Å². The molecule has 0 radical (unpaired) electrons. The fourth-order valence-electron chi connectivity index (χ4n) is 1.42. The second-order valence-corrected chi connectivity index (χ2v) is 3.60. The van der Waals surface area contributed by atoms with Gasteiger partial charge in [-0.2, -0.15) is 0 Å². The molecule has 18 heavy (non-hydrogen) atoms. The van der Waals surface area contributed by atoms with Crippen molar-refractivity contribution in [1.82, 2.24) is 20.2 Å². The third kappa shape index (κ3) is 3.27. The number of amides is 1. The molecular formula is C11H13N5O2. The van der Waals surface area contributed by atoms with Gasteiger partial charge >= 0.3 is 0 Å². The third-order valence-corrected chi connectivity index (χ3v) is 2.31. The second kappa shape index (κ2) is 5.76. The highest BCUT2D eigenvalue weighted by atomic mass is 16.5. The van der Waals surface area contributed by atoms with Gasteiger partial charge in [-0.25, -0.2) is 4.68 Å². The molecular weight excluding hydrogens is 234 g/mol. The van der Waals surface area contributed by atoms with Crippen LogP contribution in [0.2, 0.25) is 0 Å². The Balaban J connectivity index is 1.86. The first-order valence-electron chi connectivity index (χ1n) is 5.42. The second-order valence-electron chi connectivity index (χ2n) is 3.60. The van der Waals surface area contributed by atoms with Crippen molar-refractivity contribution in [1.29, 1.82) is 0 Å². The smallest absolute Gasteiger partial charge is 0.226 e. The molecule has 0 aliphatic rings. The number of hydrogen-bond acceptors (Lipinski definition) is 5. The highest BCUT2D eigenvalue weighted by Gasteiger charge is 2.04. The van der Waals surface area contributed by atoms with E-state index in [0.29, 0.717) is 24.4 Å². The van der Waals surface area contributed by atoms with Crippen molar-refractivity contribution in [2.45, 2.75) is 13.0 Å². The number of carbonyl (C=O) groups is 1. The van der Waals surface area contributed by atoms with E-state index in [1.165, 1.54) is 11.0 Å². The Hall–Kier alpha value is -2.44. The van der Waals surface area contributed by atoms with Gasteiger partial charge in [0.25, 0.3) is 0 Å². The van der Waals surface area contributed by atoms with Crippen LogP contribution in [0.4, 0.5) is 5.69 Å². The Morgan fingerprint density at radius 3 is 3.11 bits per heavy atom. The van der Waals surface area contributed by atoms with E-state index in [2.05, 4.69) is 20.8 Å². The van der Waals surface area contributed by atoms with Crippen LogP contribution in [0.5, 0.6) is 5.75 Å². The van der Waals surface area contributed by atoms with Crippen LogP contribution in [-0.2, 0) is 11.3 Å². The molecule has 1 aromatic heterocycles. The molecule has 0 spiro atoms. The van der Waals surface area contributed by atoms with Crippen molar-refractivity contribution in [3.63, 3.8) is 0 Å². The van der Waals surface area contributed by atoms with E-state index in [1.54, 1.807) is 19.2 Å². The summed E-state index contributed by atoms with van der Waals surface area (Å²) in [6.45, 7) is 0.447. The summed E-state index contributed by atoms with van der Waals surface area (Å²) in [7, 11) is 1.58. The van der Waals surface area contributed by atoms with Crippen molar-refractivity contribution in [3.05, 3.63) is 30.6 Å². The summed E-state index contributed by atoms with van der Waals surface area (Å²) in [5.74, 6) is 0.604. The number of hydrogen-bond donors (Lipinski definition) is 1. The van der Waals surface area contributed by atoms with Gasteiger partial charge in [-0.1, -0.05) is 6.07 Å². The minimum Gasteiger partial charge on any atom is -0.497 e. The van der Waals surface area contributed by atoms with Crippen LogP contribution in [0.15, 0.2) is 30.6 Å². The summed E-state index contributed by atoms with van der Waals surface area (Å²) in [4.78, 5) is 11.7. The van der Waals surface area contributed by atoms with Gasteiger partial charge in [-0.15, -0.1) is 5.10 Å². The van der Waals surface area contributed by atoms with Gasteiger partial charge in [0.1, 0.15) is 12.1 Å². The van der Waals surface area contributed by atoms with E-state index in [-0.39, 0.29) is 5.91 Å². The quantitative estimate of drug-likeness (QED) is 0.841. The predicted molar refractivity (Wildman–Crippen MR) is 64.1 cm³/mol. The fraction of sp³-hybridized carbons (Fsp3) is 0.273. The maximum absolute atomic E-state index is 11.7. The summed E-state index contributed by atoms with van der Waals surface area (Å²) in [5.41, 5.74) is 0.705. The number of aromatic nitrogens is 4. The van der Waals surface area contributed by atoms with Gasteiger partial charge < -0.3 is 10.1 Å². The van der Waals surface area contributed by atoms with Gasteiger partial charge in [0.2, 0.25) is 5.91 Å². The lowest BCUT2D eigenvalue weighted by Gasteiger charge is -2.06. The molecule has 7 nitrogen and oxygen atoms in total. The van der Waals surface area contributed by atoms with Gasteiger partial charge in [0, 0.05) is 18.2 Å². The molecule has 1 aromatic carbocycles. The Morgan fingerprint density at radius 1 is 1.50 bits per heavy atom. The molecule has 2 aromatic rings. The predicted octanol–water partition coefficient (Wildman–Crippen LogP) is 0.710. The summed E-state index contributed by atoms with van der Waals surface area (Å²) in [6.07, 6.45) is 1.78. The normalized spacial score (nSPS) is 10.1. The molecule has 0 bridgehead atoms. The lowest BCUT2D eigenvalue weighted by atomic mass is 10.3. The summed E-state index contributed by atoms with van der Waals surface area (Å²) in [6, 6.07) is 7.19. The molecule has 0 fully saturated rings. The number of methoxy groups -OCH3 is 1. The molecule has 0 unspecified atom stereocenters. The molecule has 7 heteroatoms. The van der Waals surface area contributed by atoms with Gasteiger partial charge in [-0.05, 0) is 22.6 Å². The Morgan fingerprint density at radius 2 is 2.39 bits per heavy atom. The number of anilines is 1. The third-order valence-electron chi connectivity index (χ3n) is 2.31. The molecule has 0 saturated heterocycles. The van der Waals surface area contributed by atoms with E-state index in [0.717, 1.165) is 0 Å². The first-order valence-corrected chi connectivity index (χ1v) is 5.42. The summed E-state index contributed by atoms with van der Waals surface area (Å²) < 4.78 is 6.58. The van der Waals surface area contributed by atoms with Gasteiger partial charge in [-0.3, -0.25) is 4.79 Å². The topological polar surface area (TPSA) is 81.9 Å². The first kappa shape index (κ1) is 12.0. The molecule has 2 rings (SSSR count). The van der Waals surface area contributed by atoms with Crippen molar-refractivity contribution in [3.8, 4) is 5.75 Å². The van der Waals surface area contributed by atoms with Crippen LogP contribution in [0.1, 0.15) is 6.42 Å². The highest BCUT2D eigenvalue weighted by Crippen LogP contribution is 2.16. The molecule has 0 aliphatic carbocycles. The molecule has 1 amide bonds. The zero-order chi connectivity index (χ0) is 12.8. The van der Waals surface area contributed by atoms with E-state index in [9.17, 15) is 4.79 Å². The molecule has 0 aliphatic heterocycles. The fourth-order valence-corrected chi connectivity index (χ4v) is 1.42. The van der Waals surface area contributed by atoms with Crippen LogP contribution in [-0.4, -0.2) is 33.2 Å². The van der Waals surface area contributed by atoms with Crippen LogP contribution < -0.4 is 10.1 Å². The number of tetrazole rings is 1. The van der Waals surface area contributed by atoms with Crippen molar-refractivity contribution in [2.24, 2.45) is 0 Å².